The summed E-state index contributed by atoms with van der Waals surface area (Å²) < 4.78 is 1.78. The summed E-state index contributed by atoms with van der Waals surface area (Å²) in [7, 11) is 0. The zero-order chi connectivity index (χ0) is 10.1. The van der Waals surface area contributed by atoms with Gasteiger partial charge in [0.25, 0.3) is 0 Å². The minimum absolute atomic E-state index is 0.562. The van der Waals surface area contributed by atoms with Crippen molar-refractivity contribution in [3.63, 3.8) is 0 Å². The number of hydrogen-bond acceptors (Lipinski definition) is 2. The first-order valence-corrected chi connectivity index (χ1v) is 4.31. The van der Waals surface area contributed by atoms with E-state index in [-0.39, 0.29) is 0 Å². The van der Waals surface area contributed by atoms with Crippen LogP contribution in [0, 0.1) is 6.92 Å². The van der Waals surface area contributed by atoms with Crippen LogP contribution >= 0.6 is 0 Å². The van der Waals surface area contributed by atoms with Gasteiger partial charge < -0.3 is 0 Å². The van der Waals surface area contributed by atoms with Gasteiger partial charge in [-0.1, -0.05) is 12.7 Å². The molecule has 0 aliphatic heterocycles. The molecule has 0 amide bonds. The zero-order valence-corrected chi connectivity index (χ0v) is 7.90. The van der Waals surface area contributed by atoms with Crippen LogP contribution in [0.15, 0.2) is 25.0 Å². The summed E-state index contributed by atoms with van der Waals surface area (Å²) in [5, 5.41) is 0. The molecule has 0 aromatic carbocycles. The van der Waals surface area contributed by atoms with E-state index in [4.69, 9.17) is 0 Å². The van der Waals surface area contributed by atoms with Gasteiger partial charge >= 0.3 is 0 Å². The fourth-order valence-corrected chi connectivity index (χ4v) is 1.50. The Morgan fingerprint density at radius 2 is 2.36 bits per heavy atom. The van der Waals surface area contributed by atoms with Crippen LogP contribution in [0.2, 0.25) is 0 Å². The molecule has 14 heavy (non-hydrogen) atoms. The first-order valence-electron chi connectivity index (χ1n) is 4.31. The quantitative estimate of drug-likeness (QED) is 0.673. The summed E-state index contributed by atoms with van der Waals surface area (Å²) in [6.07, 6.45) is 5.97. The SMILES string of the molecule is C=Cc1cc(C)c2ncc(C=O)n2c1. The summed E-state index contributed by atoms with van der Waals surface area (Å²) in [4.78, 5) is 14.9. The number of pyridine rings is 1. The third-order valence-electron chi connectivity index (χ3n) is 2.20. The topological polar surface area (TPSA) is 34.4 Å². The highest BCUT2D eigenvalue weighted by Crippen LogP contribution is 2.13. The standard InChI is InChI=1S/C11H10N2O/c1-3-9-4-8(2)11-12-5-10(7-14)13(11)6-9/h3-7H,1H2,2H3. The molecule has 3 heteroatoms. The third-order valence-corrected chi connectivity index (χ3v) is 2.20. The molecular weight excluding hydrogens is 176 g/mol. The van der Waals surface area contributed by atoms with Crippen molar-refractivity contribution in [1.82, 2.24) is 9.38 Å². The van der Waals surface area contributed by atoms with E-state index in [0.29, 0.717) is 5.69 Å². The van der Waals surface area contributed by atoms with E-state index in [1.165, 1.54) is 0 Å². The molecule has 2 aromatic rings. The number of nitrogens with zero attached hydrogens (tertiary/aromatic N) is 2. The number of aldehydes is 1. The van der Waals surface area contributed by atoms with Crippen molar-refractivity contribution >= 4 is 18.0 Å². The molecule has 3 nitrogen and oxygen atoms in total. The molecule has 2 heterocycles. The lowest BCUT2D eigenvalue weighted by Crippen LogP contribution is -1.93. The molecule has 0 bridgehead atoms. The summed E-state index contributed by atoms with van der Waals surface area (Å²) in [5.74, 6) is 0. The number of imidazole rings is 1. The van der Waals surface area contributed by atoms with E-state index < -0.39 is 0 Å². The number of rotatable bonds is 2. The van der Waals surface area contributed by atoms with Crippen molar-refractivity contribution in [1.29, 1.82) is 0 Å². The van der Waals surface area contributed by atoms with Crippen LogP contribution in [0.5, 0.6) is 0 Å². The van der Waals surface area contributed by atoms with Crippen molar-refractivity contribution in [2.75, 3.05) is 0 Å². The Labute approximate surface area is 81.7 Å². The van der Waals surface area contributed by atoms with Crippen LogP contribution in [0.4, 0.5) is 0 Å². The van der Waals surface area contributed by atoms with Crippen LogP contribution in [0.1, 0.15) is 21.6 Å². The summed E-state index contributed by atoms with van der Waals surface area (Å²) in [6, 6.07) is 1.99. The number of fused-ring (bicyclic) bond motifs is 1. The second kappa shape index (κ2) is 3.10. The van der Waals surface area contributed by atoms with E-state index in [2.05, 4.69) is 11.6 Å². The highest BCUT2D eigenvalue weighted by Gasteiger charge is 2.04. The lowest BCUT2D eigenvalue weighted by Gasteiger charge is -2.01. The monoisotopic (exact) mass is 186 g/mol. The van der Waals surface area contributed by atoms with Gasteiger partial charge in [0, 0.05) is 6.20 Å². The van der Waals surface area contributed by atoms with Crippen LogP contribution < -0.4 is 0 Å². The van der Waals surface area contributed by atoms with E-state index in [1.54, 1.807) is 16.7 Å². The zero-order valence-electron chi connectivity index (χ0n) is 7.90. The Hall–Kier alpha value is -1.90. The minimum atomic E-state index is 0.562. The van der Waals surface area contributed by atoms with Crippen molar-refractivity contribution in [2.24, 2.45) is 0 Å². The number of aromatic nitrogens is 2. The molecule has 2 rings (SSSR count). The molecule has 70 valence electrons. The number of aryl methyl sites for hydroxylation is 1. The van der Waals surface area contributed by atoms with Gasteiger partial charge in [-0.25, -0.2) is 4.98 Å². The molecule has 0 radical (unpaired) electrons. The van der Waals surface area contributed by atoms with Gasteiger partial charge in [0.2, 0.25) is 0 Å². The van der Waals surface area contributed by atoms with Gasteiger partial charge in [-0.2, -0.15) is 0 Å². The number of carbonyl (C=O) groups excluding carboxylic acids is 1. The van der Waals surface area contributed by atoms with Crippen LogP contribution in [-0.2, 0) is 0 Å². The molecule has 0 saturated carbocycles. The van der Waals surface area contributed by atoms with Crippen LogP contribution in [-0.4, -0.2) is 15.7 Å². The van der Waals surface area contributed by atoms with Crippen molar-refractivity contribution < 1.29 is 4.79 Å². The Balaban J connectivity index is 2.86. The lowest BCUT2D eigenvalue weighted by atomic mass is 10.2. The van der Waals surface area contributed by atoms with E-state index in [0.717, 1.165) is 23.1 Å². The average molecular weight is 186 g/mol. The lowest BCUT2D eigenvalue weighted by molar-refractivity contribution is 0.111. The third kappa shape index (κ3) is 1.14. The first-order chi connectivity index (χ1) is 6.76. The highest BCUT2D eigenvalue weighted by molar-refractivity contribution is 5.75. The fraction of sp³-hybridized carbons (Fsp3) is 0.0909. The molecule has 0 aliphatic carbocycles. The molecule has 0 atom stereocenters. The highest BCUT2D eigenvalue weighted by atomic mass is 16.1. The van der Waals surface area contributed by atoms with Crippen molar-refractivity contribution in [3.8, 4) is 0 Å². The molecule has 0 fully saturated rings. The van der Waals surface area contributed by atoms with Gasteiger partial charge in [-0.3, -0.25) is 9.20 Å². The maximum absolute atomic E-state index is 10.7. The Morgan fingerprint density at radius 1 is 1.57 bits per heavy atom. The van der Waals surface area contributed by atoms with E-state index in [9.17, 15) is 4.79 Å². The molecule has 0 N–H and O–H groups in total. The molecule has 0 unspecified atom stereocenters. The summed E-state index contributed by atoms with van der Waals surface area (Å²) in [6.45, 7) is 5.66. The Morgan fingerprint density at radius 3 is 3.00 bits per heavy atom. The molecule has 0 spiro atoms. The second-order valence-electron chi connectivity index (χ2n) is 3.16. The predicted molar refractivity (Wildman–Crippen MR) is 55.4 cm³/mol. The van der Waals surface area contributed by atoms with Crippen LogP contribution in [0.25, 0.3) is 11.7 Å². The minimum Gasteiger partial charge on any atom is -0.296 e. The number of hydrogen-bond donors (Lipinski definition) is 0. The van der Waals surface area contributed by atoms with E-state index >= 15 is 0 Å². The number of carbonyl (C=O) groups is 1. The van der Waals surface area contributed by atoms with Gasteiger partial charge in [-0.15, -0.1) is 0 Å². The van der Waals surface area contributed by atoms with Gasteiger partial charge in [0.05, 0.1) is 6.20 Å². The maximum Gasteiger partial charge on any atom is 0.168 e. The summed E-state index contributed by atoms with van der Waals surface area (Å²) in [5.41, 5.74) is 3.40. The smallest absolute Gasteiger partial charge is 0.168 e. The normalized spacial score (nSPS) is 10.4. The molecule has 2 aromatic heterocycles. The average Bonchev–Trinajstić information content (AvgIpc) is 2.61. The van der Waals surface area contributed by atoms with Gasteiger partial charge in [-0.05, 0) is 24.1 Å². The van der Waals surface area contributed by atoms with Gasteiger partial charge in [0.15, 0.2) is 6.29 Å². The van der Waals surface area contributed by atoms with Crippen LogP contribution in [0.3, 0.4) is 0 Å². The fourth-order valence-electron chi connectivity index (χ4n) is 1.50. The van der Waals surface area contributed by atoms with E-state index in [1.807, 2.05) is 19.2 Å². The van der Waals surface area contributed by atoms with Crippen molar-refractivity contribution in [2.45, 2.75) is 6.92 Å². The summed E-state index contributed by atoms with van der Waals surface area (Å²) >= 11 is 0. The Bertz CT molecular complexity index is 511. The molecule has 0 aliphatic rings. The maximum atomic E-state index is 10.7. The first kappa shape index (κ1) is 8.69. The molecule has 0 saturated heterocycles. The largest absolute Gasteiger partial charge is 0.296 e. The van der Waals surface area contributed by atoms with Crippen molar-refractivity contribution in [3.05, 3.63) is 41.9 Å². The van der Waals surface area contributed by atoms with Gasteiger partial charge in [0.1, 0.15) is 11.3 Å². The predicted octanol–water partition coefficient (Wildman–Crippen LogP) is 2.10. The molecular formula is C11H10N2O. The Kier molecular flexibility index (Phi) is 1.93. The second-order valence-corrected chi connectivity index (χ2v) is 3.16.